The number of hydrogen-bond acceptors (Lipinski definition) is 4. The summed E-state index contributed by atoms with van der Waals surface area (Å²) < 4.78 is 4.97. The van der Waals surface area contributed by atoms with Gasteiger partial charge in [-0.3, -0.25) is 4.79 Å². The number of hydrogen-bond donors (Lipinski definition) is 1. The molecule has 82 valence electrons. The SMILES string of the molecule is COc1cc(C#N)ccc1CC(=O)C(=O)O. The summed E-state index contributed by atoms with van der Waals surface area (Å²) in [7, 11) is 1.39. The lowest BCUT2D eigenvalue weighted by Gasteiger charge is -2.06. The van der Waals surface area contributed by atoms with Crippen LogP contribution >= 0.6 is 0 Å². The first-order valence-electron chi connectivity index (χ1n) is 4.41. The van der Waals surface area contributed by atoms with Gasteiger partial charge in [-0.1, -0.05) is 6.07 Å². The van der Waals surface area contributed by atoms with Gasteiger partial charge in [0.15, 0.2) is 0 Å². The fourth-order valence-electron chi connectivity index (χ4n) is 1.21. The highest BCUT2D eigenvalue weighted by Crippen LogP contribution is 2.20. The predicted molar refractivity (Wildman–Crippen MR) is 54.1 cm³/mol. The van der Waals surface area contributed by atoms with Crippen molar-refractivity contribution >= 4 is 11.8 Å². The Kier molecular flexibility index (Phi) is 3.62. The monoisotopic (exact) mass is 219 g/mol. The molecule has 0 aliphatic rings. The van der Waals surface area contributed by atoms with Crippen LogP contribution in [-0.4, -0.2) is 24.0 Å². The minimum atomic E-state index is -1.48. The third-order valence-corrected chi connectivity index (χ3v) is 2.01. The predicted octanol–water partition coefficient (Wildman–Crippen LogP) is 0.763. The number of carboxylic acid groups (broad SMARTS) is 1. The van der Waals surface area contributed by atoms with Crippen LogP contribution in [0.2, 0.25) is 0 Å². The van der Waals surface area contributed by atoms with Crippen molar-refractivity contribution < 1.29 is 19.4 Å². The lowest BCUT2D eigenvalue weighted by Crippen LogP contribution is -2.15. The quantitative estimate of drug-likeness (QED) is 0.755. The van der Waals surface area contributed by atoms with E-state index in [2.05, 4.69) is 0 Å². The summed E-state index contributed by atoms with van der Waals surface area (Å²) in [6.07, 6.45) is -0.246. The fraction of sp³-hybridized carbons (Fsp3) is 0.182. The van der Waals surface area contributed by atoms with Crippen LogP contribution in [-0.2, 0) is 16.0 Å². The third-order valence-electron chi connectivity index (χ3n) is 2.01. The minimum absolute atomic E-state index is 0.246. The molecule has 0 unspecified atom stereocenters. The van der Waals surface area contributed by atoms with Crippen molar-refractivity contribution in [1.82, 2.24) is 0 Å². The van der Waals surface area contributed by atoms with Gasteiger partial charge in [0.05, 0.1) is 18.7 Å². The van der Waals surface area contributed by atoms with Gasteiger partial charge < -0.3 is 9.84 Å². The number of nitriles is 1. The van der Waals surface area contributed by atoms with Crippen molar-refractivity contribution in [1.29, 1.82) is 5.26 Å². The summed E-state index contributed by atoms with van der Waals surface area (Å²) in [5.41, 5.74) is 0.845. The van der Waals surface area contributed by atoms with Gasteiger partial charge in [0.2, 0.25) is 5.78 Å². The number of rotatable bonds is 4. The first-order valence-corrected chi connectivity index (χ1v) is 4.41. The minimum Gasteiger partial charge on any atom is -0.496 e. The molecule has 0 saturated heterocycles. The smallest absolute Gasteiger partial charge is 0.372 e. The van der Waals surface area contributed by atoms with Crippen LogP contribution in [0.15, 0.2) is 18.2 Å². The van der Waals surface area contributed by atoms with E-state index in [1.807, 2.05) is 6.07 Å². The molecule has 0 atom stereocenters. The van der Waals surface area contributed by atoms with Gasteiger partial charge in [0.1, 0.15) is 5.75 Å². The van der Waals surface area contributed by atoms with Gasteiger partial charge in [0, 0.05) is 12.0 Å². The Morgan fingerprint density at radius 2 is 2.19 bits per heavy atom. The zero-order valence-corrected chi connectivity index (χ0v) is 8.56. The molecule has 1 N–H and O–H groups in total. The molecule has 1 rings (SSSR count). The number of ketones is 1. The number of carbonyl (C=O) groups excluding carboxylic acids is 1. The molecule has 0 heterocycles. The molecule has 0 bridgehead atoms. The van der Waals surface area contributed by atoms with Gasteiger partial charge in [-0.2, -0.15) is 5.26 Å². The first kappa shape index (κ1) is 11.7. The lowest BCUT2D eigenvalue weighted by atomic mass is 10.1. The van der Waals surface area contributed by atoms with Crippen LogP contribution in [0.5, 0.6) is 5.75 Å². The molecule has 0 spiro atoms. The van der Waals surface area contributed by atoms with E-state index in [0.717, 1.165) is 0 Å². The lowest BCUT2D eigenvalue weighted by molar-refractivity contribution is -0.148. The van der Waals surface area contributed by atoms with Gasteiger partial charge in [0.25, 0.3) is 0 Å². The van der Waals surface area contributed by atoms with E-state index in [-0.39, 0.29) is 6.42 Å². The van der Waals surface area contributed by atoms with E-state index in [9.17, 15) is 9.59 Å². The summed E-state index contributed by atoms with van der Waals surface area (Å²) in [6, 6.07) is 6.41. The van der Waals surface area contributed by atoms with Crippen molar-refractivity contribution in [2.24, 2.45) is 0 Å². The highest BCUT2D eigenvalue weighted by molar-refractivity contribution is 6.33. The highest BCUT2D eigenvalue weighted by Gasteiger charge is 2.15. The average Bonchev–Trinajstić information content (AvgIpc) is 2.29. The molecule has 1 aromatic rings. The zero-order valence-electron chi connectivity index (χ0n) is 8.56. The van der Waals surface area contributed by atoms with E-state index in [4.69, 9.17) is 15.1 Å². The number of carbonyl (C=O) groups is 2. The average molecular weight is 219 g/mol. The van der Waals surface area contributed by atoms with Crippen molar-refractivity contribution in [3.8, 4) is 11.8 Å². The first-order chi connectivity index (χ1) is 7.58. The van der Waals surface area contributed by atoms with Gasteiger partial charge in [-0.05, 0) is 12.1 Å². The van der Waals surface area contributed by atoms with Crippen molar-refractivity contribution in [2.75, 3.05) is 7.11 Å². The molecule has 0 radical (unpaired) electrons. The molecule has 0 aromatic heterocycles. The van der Waals surface area contributed by atoms with Crippen LogP contribution in [0.4, 0.5) is 0 Å². The summed E-state index contributed by atoms with van der Waals surface area (Å²) in [6.45, 7) is 0. The van der Waals surface area contributed by atoms with E-state index in [0.29, 0.717) is 16.9 Å². The number of methoxy groups -OCH3 is 1. The molecule has 0 saturated carbocycles. The van der Waals surface area contributed by atoms with Crippen molar-refractivity contribution in [3.63, 3.8) is 0 Å². The standard InChI is InChI=1S/C11H9NO4/c1-16-10-4-7(6-12)2-3-8(10)5-9(13)11(14)15/h2-4H,5H2,1H3,(H,14,15). The molecule has 0 amide bonds. The zero-order chi connectivity index (χ0) is 12.1. The second kappa shape index (κ2) is 4.94. The van der Waals surface area contributed by atoms with Gasteiger partial charge in [-0.15, -0.1) is 0 Å². The Morgan fingerprint density at radius 1 is 1.50 bits per heavy atom. The molecule has 16 heavy (non-hydrogen) atoms. The Bertz CT molecular complexity index is 473. The molecular formula is C11H9NO4. The largest absolute Gasteiger partial charge is 0.496 e. The van der Waals surface area contributed by atoms with E-state index in [1.165, 1.54) is 25.3 Å². The highest BCUT2D eigenvalue weighted by atomic mass is 16.5. The number of benzene rings is 1. The summed E-state index contributed by atoms with van der Waals surface area (Å²) in [5, 5.41) is 17.1. The second-order valence-electron chi connectivity index (χ2n) is 3.04. The van der Waals surface area contributed by atoms with Gasteiger partial charge >= 0.3 is 5.97 Å². The maximum Gasteiger partial charge on any atom is 0.372 e. The van der Waals surface area contributed by atoms with Crippen LogP contribution in [0.1, 0.15) is 11.1 Å². The van der Waals surface area contributed by atoms with Crippen molar-refractivity contribution in [3.05, 3.63) is 29.3 Å². The molecular weight excluding hydrogens is 210 g/mol. The fourth-order valence-corrected chi connectivity index (χ4v) is 1.21. The maximum atomic E-state index is 11.0. The molecule has 0 aliphatic heterocycles. The number of nitrogens with zero attached hydrogens (tertiary/aromatic N) is 1. The van der Waals surface area contributed by atoms with Crippen LogP contribution < -0.4 is 4.74 Å². The van der Waals surface area contributed by atoms with Crippen molar-refractivity contribution in [2.45, 2.75) is 6.42 Å². The Morgan fingerprint density at radius 3 is 2.69 bits per heavy atom. The Labute approximate surface area is 91.9 Å². The normalized spacial score (nSPS) is 9.25. The maximum absolute atomic E-state index is 11.0. The topological polar surface area (TPSA) is 87.4 Å². The molecule has 5 heteroatoms. The molecule has 0 fully saturated rings. The Balaban J connectivity index is 3.01. The number of carboxylic acids is 1. The summed E-state index contributed by atoms with van der Waals surface area (Å²) in [4.78, 5) is 21.4. The second-order valence-corrected chi connectivity index (χ2v) is 3.04. The van der Waals surface area contributed by atoms with Gasteiger partial charge in [-0.25, -0.2) is 4.79 Å². The third kappa shape index (κ3) is 2.58. The van der Waals surface area contributed by atoms with E-state index >= 15 is 0 Å². The number of Topliss-reactive ketones (excluding diaryl/α,β-unsaturated/α-hetero) is 1. The van der Waals surface area contributed by atoms with E-state index < -0.39 is 11.8 Å². The number of aliphatic carboxylic acids is 1. The van der Waals surface area contributed by atoms with E-state index in [1.54, 1.807) is 0 Å². The molecule has 0 aliphatic carbocycles. The van der Waals surface area contributed by atoms with Crippen LogP contribution in [0, 0.1) is 11.3 Å². The van der Waals surface area contributed by atoms with Crippen LogP contribution in [0.3, 0.4) is 0 Å². The Hall–Kier alpha value is -2.35. The molecule has 5 nitrogen and oxygen atoms in total. The molecule has 1 aromatic carbocycles. The van der Waals surface area contributed by atoms with Crippen LogP contribution in [0.25, 0.3) is 0 Å². The summed E-state index contributed by atoms with van der Waals surface area (Å²) >= 11 is 0. The number of ether oxygens (including phenoxy) is 1. The summed E-state index contributed by atoms with van der Waals surface area (Å²) in [5.74, 6) is -2.05.